The van der Waals surface area contributed by atoms with Gasteiger partial charge in [0.05, 0.1) is 0 Å². The Balaban J connectivity index is 0. The molecule has 0 atom stereocenters. The van der Waals surface area contributed by atoms with Gasteiger partial charge in [0.2, 0.25) is 0 Å². The molecular weight excluding hydrogens is 328 g/mol. The van der Waals surface area contributed by atoms with Crippen molar-refractivity contribution in [3.63, 3.8) is 0 Å². The van der Waals surface area contributed by atoms with Crippen molar-refractivity contribution in [1.29, 1.82) is 0 Å². The summed E-state index contributed by atoms with van der Waals surface area (Å²) in [4.78, 5) is 0. The molecule has 6 heteroatoms. The second kappa shape index (κ2) is 2.86. The van der Waals surface area contributed by atoms with E-state index in [1.54, 1.807) is 0 Å². The van der Waals surface area contributed by atoms with Crippen molar-refractivity contribution in [2.75, 3.05) is 0 Å². The van der Waals surface area contributed by atoms with Gasteiger partial charge >= 0.3 is 54.9 Å². The summed E-state index contributed by atoms with van der Waals surface area (Å²) in [6, 6.07) is 0. The standard InChI is InChI=1S/Bi.Mn.H2O.3O.3H/h;;1H2;;;;;;/q;+1;;;;;;;/p-1. The van der Waals surface area contributed by atoms with E-state index >= 15 is 0 Å². The molecule has 0 bridgehead atoms. The molecule has 0 saturated heterocycles. The molecule has 0 amide bonds. The topological polar surface area (TPSA) is 71.4 Å². The molecular formula is H4BiMnO4. The van der Waals surface area contributed by atoms with E-state index < -0.39 is 13.0 Å². The minimum absolute atomic E-state index is 0. The van der Waals surface area contributed by atoms with Crippen molar-refractivity contribution in [2.24, 2.45) is 0 Å². The molecule has 6 heavy (non-hydrogen) atoms. The maximum atomic E-state index is 8.69. The summed E-state index contributed by atoms with van der Waals surface area (Å²) in [5.41, 5.74) is 0. The van der Waals surface area contributed by atoms with Gasteiger partial charge in [-0.2, -0.15) is 0 Å². The molecule has 0 aromatic rings. The van der Waals surface area contributed by atoms with E-state index in [9.17, 15) is 0 Å². The number of rotatable bonds is 0. The zero-order chi connectivity index (χ0) is 4.50. The van der Waals surface area contributed by atoms with Gasteiger partial charge in [0.1, 0.15) is 0 Å². The molecule has 0 aromatic heterocycles. The monoisotopic (exact) mass is 332 g/mol. The Morgan fingerprint density at radius 2 is 1.17 bits per heavy atom. The van der Waals surface area contributed by atoms with Crippen LogP contribution in [0.1, 0.15) is 0 Å². The van der Waals surface area contributed by atoms with Crippen LogP contribution in [0.15, 0.2) is 0 Å². The van der Waals surface area contributed by atoms with Crippen LogP contribution in [0, 0.1) is 0 Å². The SMILES string of the molecule is [BiH3].[O]=[Mn](=[O])(=[O])[OH]. The van der Waals surface area contributed by atoms with E-state index in [4.69, 9.17) is 15.7 Å². The fraction of sp³-hybridized carbons (Fsp3) is 0. The first kappa shape index (κ1) is 9.90. The van der Waals surface area contributed by atoms with E-state index in [-0.39, 0.29) is 26.2 Å². The summed E-state index contributed by atoms with van der Waals surface area (Å²) < 4.78 is 33.1. The van der Waals surface area contributed by atoms with Crippen molar-refractivity contribution in [3.05, 3.63) is 0 Å². The van der Waals surface area contributed by atoms with E-state index in [0.29, 0.717) is 0 Å². The Morgan fingerprint density at radius 1 is 1.17 bits per heavy atom. The van der Waals surface area contributed by atoms with Gasteiger partial charge < -0.3 is 0 Å². The van der Waals surface area contributed by atoms with E-state index in [1.165, 1.54) is 0 Å². The van der Waals surface area contributed by atoms with Gasteiger partial charge in [-0.25, -0.2) is 0 Å². The summed E-state index contributed by atoms with van der Waals surface area (Å²) in [7, 11) is 0. The van der Waals surface area contributed by atoms with Crippen LogP contribution in [0.25, 0.3) is 0 Å². The molecule has 1 N–H and O–H groups in total. The second-order valence-electron chi connectivity index (χ2n) is 0.396. The zero-order valence-electron chi connectivity index (χ0n) is 2.76. The molecule has 40 valence electrons. The van der Waals surface area contributed by atoms with Gasteiger partial charge in [-0.05, 0) is 0 Å². The minimum atomic E-state index is -5.38. The number of hydrogen-bond donors (Lipinski definition) is 1. The molecule has 0 aliphatic rings. The van der Waals surface area contributed by atoms with E-state index in [2.05, 4.69) is 0 Å². The van der Waals surface area contributed by atoms with Gasteiger partial charge in [-0.3, -0.25) is 0 Å². The number of hydrogen-bond acceptors (Lipinski definition) is 3. The molecule has 0 heterocycles. The van der Waals surface area contributed by atoms with Gasteiger partial charge in [0.15, 0.2) is 0 Å². The quantitative estimate of drug-likeness (QED) is 0.516. The average Bonchev–Trinajstić information content (AvgIpc) is 0.722. The Kier molecular flexibility index (Phi) is 4.72. The van der Waals surface area contributed by atoms with Crippen LogP contribution in [-0.2, 0) is 24.5 Å². The third-order valence-electron chi connectivity index (χ3n) is 0. The van der Waals surface area contributed by atoms with Gasteiger partial charge in [0, 0.05) is 0 Å². The van der Waals surface area contributed by atoms with Crippen molar-refractivity contribution in [1.82, 2.24) is 0 Å². The molecule has 0 rings (SSSR count). The van der Waals surface area contributed by atoms with Gasteiger partial charge in [-0.15, -0.1) is 0 Å². The second-order valence-corrected chi connectivity index (χ2v) is 1.63. The van der Waals surface area contributed by atoms with Crippen LogP contribution in [0.5, 0.6) is 0 Å². The molecule has 0 aliphatic carbocycles. The first-order chi connectivity index (χ1) is 2.00. The van der Waals surface area contributed by atoms with Crippen LogP contribution >= 0.6 is 0 Å². The Hall–Kier alpha value is 0.763. The third kappa shape index (κ3) is 116. The van der Waals surface area contributed by atoms with Crippen LogP contribution < -0.4 is 0 Å². The van der Waals surface area contributed by atoms with E-state index in [1.807, 2.05) is 0 Å². The maximum absolute atomic E-state index is 8.69. The first-order valence-electron chi connectivity index (χ1n) is 0.632. The summed E-state index contributed by atoms with van der Waals surface area (Å²) in [5, 5.41) is 0. The van der Waals surface area contributed by atoms with E-state index in [0.717, 1.165) is 0 Å². The predicted octanol–water partition coefficient (Wildman–Crippen LogP) is -2.10. The molecule has 0 fully saturated rings. The normalized spacial score (nSPS) is 9.50. The summed E-state index contributed by atoms with van der Waals surface area (Å²) in [6.45, 7) is 0. The molecule has 4 nitrogen and oxygen atoms in total. The molecule has 0 aliphatic heterocycles. The molecule has 0 radical (unpaired) electrons. The first-order valence-corrected chi connectivity index (χ1v) is 2.61. The van der Waals surface area contributed by atoms with Crippen molar-refractivity contribution in [2.45, 2.75) is 0 Å². The van der Waals surface area contributed by atoms with Crippen LogP contribution in [0.2, 0.25) is 0 Å². The average molecular weight is 332 g/mol. The summed E-state index contributed by atoms with van der Waals surface area (Å²) in [6.07, 6.45) is 0. The fourth-order valence-electron chi connectivity index (χ4n) is 0. The Bertz CT molecular complexity index is 129. The zero-order valence-corrected chi connectivity index (χ0v) is 9.44. The van der Waals surface area contributed by atoms with Gasteiger partial charge in [-0.1, -0.05) is 0 Å². The van der Waals surface area contributed by atoms with Crippen molar-refractivity contribution < 1.29 is 28.7 Å². The molecule has 0 aromatic carbocycles. The summed E-state index contributed by atoms with van der Waals surface area (Å²) in [5.74, 6) is 0. The third-order valence-corrected chi connectivity index (χ3v) is 0. The fourth-order valence-corrected chi connectivity index (χ4v) is 0. The summed E-state index contributed by atoms with van der Waals surface area (Å²) >= 11 is -5.38. The molecule has 0 unspecified atom stereocenters. The van der Waals surface area contributed by atoms with Crippen molar-refractivity contribution in [3.8, 4) is 0 Å². The Labute approximate surface area is 54.8 Å². The molecule has 0 spiro atoms. The van der Waals surface area contributed by atoms with Crippen LogP contribution in [-0.4, -0.2) is 30.4 Å². The van der Waals surface area contributed by atoms with Gasteiger partial charge in [0.25, 0.3) is 0 Å². The van der Waals surface area contributed by atoms with Crippen LogP contribution in [0.4, 0.5) is 0 Å². The van der Waals surface area contributed by atoms with Crippen molar-refractivity contribution >= 4 is 26.2 Å². The molecule has 0 saturated carbocycles. The predicted molar refractivity (Wildman–Crippen MR) is 14.2 cm³/mol. The van der Waals surface area contributed by atoms with Crippen LogP contribution in [0.3, 0.4) is 0 Å². The Morgan fingerprint density at radius 3 is 1.17 bits per heavy atom.